The Labute approximate surface area is 117 Å². The number of aromatic nitrogens is 2. The summed E-state index contributed by atoms with van der Waals surface area (Å²) < 4.78 is 1.81. The molecule has 0 aliphatic heterocycles. The molecule has 0 bridgehead atoms. The molecular weight excluding hydrogens is 248 g/mol. The lowest BCUT2D eigenvalue weighted by Crippen LogP contribution is -2.21. The van der Waals surface area contributed by atoms with Crippen molar-refractivity contribution < 1.29 is 0 Å². The Balaban J connectivity index is 2.38. The van der Waals surface area contributed by atoms with E-state index in [2.05, 4.69) is 4.98 Å². The number of pyridine rings is 2. The van der Waals surface area contributed by atoms with Gasteiger partial charge in [-0.3, -0.25) is 9.78 Å². The summed E-state index contributed by atoms with van der Waals surface area (Å²) in [5.41, 5.74) is 3.60. The fourth-order valence-electron chi connectivity index (χ4n) is 2.51. The van der Waals surface area contributed by atoms with Crippen molar-refractivity contribution in [2.75, 3.05) is 0 Å². The maximum atomic E-state index is 12.7. The molecule has 0 unspecified atom stereocenters. The van der Waals surface area contributed by atoms with Gasteiger partial charge in [-0.05, 0) is 31.5 Å². The average Bonchev–Trinajstić information content (AvgIpc) is 2.48. The summed E-state index contributed by atoms with van der Waals surface area (Å²) in [7, 11) is 0. The van der Waals surface area contributed by atoms with Gasteiger partial charge in [0.05, 0.1) is 5.52 Å². The van der Waals surface area contributed by atoms with Gasteiger partial charge in [0.15, 0.2) is 0 Å². The molecule has 0 spiro atoms. The first-order valence-electron chi connectivity index (χ1n) is 6.76. The molecule has 3 aromatic rings. The van der Waals surface area contributed by atoms with Crippen LogP contribution in [-0.4, -0.2) is 9.55 Å². The highest BCUT2D eigenvalue weighted by molar-refractivity contribution is 5.83. The van der Waals surface area contributed by atoms with Crippen LogP contribution in [0, 0.1) is 6.92 Å². The summed E-state index contributed by atoms with van der Waals surface area (Å²) in [6.07, 6.45) is 1.84. The Kier molecular flexibility index (Phi) is 3.11. The van der Waals surface area contributed by atoms with Gasteiger partial charge in [0.25, 0.3) is 5.56 Å². The number of hydrogen-bond acceptors (Lipinski definition) is 2. The van der Waals surface area contributed by atoms with Gasteiger partial charge in [-0.1, -0.05) is 30.3 Å². The minimum Gasteiger partial charge on any atom is -0.308 e. The quantitative estimate of drug-likeness (QED) is 0.711. The van der Waals surface area contributed by atoms with Crippen LogP contribution in [0.15, 0.2) is 53.5 Å². The SMILES string of the molecule is CCn1c(=O)c(-c2ccccc2)cc2cnc(C)cc21. The number of benzene rings is 1. The van der Waals surface area contributed by atoms with Crippen LogP contribution in [0.2, 0.25) is 0 Å². The molecule has 0 fully saturated rings. The Morgan fingerprint density at radius 1 is 1.15 bits per heavy atom. The van der Waals surface area contributed by atoms with E-state index < -0.39 is 0 Å². The van der Waals surface area contributed by atoms with Crippen LogP contribution < -0.4 is 5.56 Å². The monoisotopic (exact) mass is 264 g/mol. The van der Waals surface area contributed by atoms with Gasteiger partial charge < -0.3 is 4.57 Å². The third-order valence-electron chi connectivity index (χ3n) is 3.52. The first-order valence-corrected chi connectivity index (χ1v) is 6.76. The summed E-state index contributed by atoms with van der Waals surface area (Å²) in [6, 6.07) is 13.7. The molecule has 0 aliphatic rings. The third kappa shape index (κ3) is 2.01. The van der Waals surface area contributed by atoms with Gasteiger partial charge >= 0.3 is 0 Å². The van der Waals surface area contributed by atoms with Crippen molar-refractivity contribution in [3.63, 3.8) is 0 Å². The molecule has 20 heavy (non-hydrogen) atoms. The average molecular weight is 264 g/mol. The second-order valence-corrected chi connectivity index (χ2v) is 4.86. The van der Waals surface area contributed by atoms with Crippen LogP contribution in [0.5, 0.6) is 0 Å². The summed E-state index contributed by atoms with van der Waals surface area (Å²) in [5.74, 6) is 0. The van der Waals surface area contributed by atoms with Gasteiger partial charge in [0, 0.05) is 29.4 Å². The summed E-state index contributed by atoms with van der Waals surface area (Å²) >= 11 is 0. The van der Waals surface area contributed by atoms with Crippen molar-refractivity contribution in [2.24, 2.45) is 0 Å². The molecular formula is C17H16N2O. The lowest BCUT2D eigenvalue weighted by atomic mass is 10.1. The van der Waals surface area contributed by atoms with Crippen molar-refractivity contribution in [3.05, 3.63) is 64.7 Å². The molecule has 3 heteroatoms. The third-order valence-corrected chi connectivity index (χ3v) is 3.52. The predicted octanol–water partition coefficient (Wildman–Crippen LogP) is 3.39. The molecule has 0 N–H and O–H groups in total. The van der Waals surface area contributed by atoms with E-state index in [1.807, 2.05) is 67.1 Å². The van der Waals surface area contributed by atoms with E-state index in [1.165, 1.54) is 0 Å². The Morgan fingerprint density at radius 2 is 1.90 bits per heavy atom. The smallest absolute Gasteiger partial charge is 0.258 e. The standard InChI is InChI=1S/C17H16N2O/c1-3-19-16-9-12(2)18-11-14(16)10-15(17(19)20)13-7-5-4-6-8-13/h4-11H,3H2,1-2H3. The summed E-state index contributed by atoms with van der Waals surface area (Å²) in [4.78, 5) is 17.0. The van der Waals surface area contributed by atoms with Crippen molar-refractivity contribution >= 4 is 10.9 Å². The normalized spacial score (nSPS) is 10.9. The number of aryl methyl sites for hydroxylation is 2. The Bertz CT molecular complexity index is 820. The highest BCUT2D eigenvalue weighted by Gasteiger charge is 2.10. The maximum absolute atomic E-state index is 12.7. The van der Waals surface area contributed by atoms with Gasteiger partial charge in [-0.15, -0.1) is 0 Å². The van der Waals surface area contributed by atoms with Crippen LogP contribution in [-0.2, 0) is 6.54 Å². The highest BCUT2D eigenvalue weighted by atomic mass is 16.1. The maximum Gasteiger partial charge on any atom is 0.258 e. The fourth-order valence-corrected chi connectivity index (χ4v) is 2.51. The second kappa shape index (κ2) is 4.93. The topological polar surface area (TPSA) is 34.9 Å². The molecule has 0 amide bonds. The molecule has 0 saturated heterocycles. The van der Waals surface area contributed by atoms with E-state index in [9.17, 15) is 4.79 Å². The number of hydrogen-bond donors (Lipinski definition) is 0. The van der Waals surface area contributed by atoms with Crippen LogP contribution in [0.4, 0.5) is 0 Å². The van der Waals surface area contributed by atoms with E-state index in [0.717, 1.165) is 27.7 Å². The van der Waals surface area contributed by atoms with E-state index in [4.69, 9.17) is 0 Å². The molecule has 3 rings (SSSR count). The first-order chi connectivity index (χ1) is 9.70. The van der Waals surface area contributed by atoms with Crippen LogP contribution in [0.25, 0.3) is 22.0 Å². The van der Waals surface area contributed by atoms with Crippen molar-refractivity contribution in [1.29, 1.82) is 0 Å². The molecule has 2 heterocycles. The molecule has 0 radical (unpaired) electrons. The molecule has 0 atom stereocenters. The lowest BCUT2D eigenvalue weighted by molar-refractivity contribution is 0.760. The summed E-state index contributed by atoms with van der Waals surface area (Å²) in [5, 5.41) is 0.996. The molecule has 0 aliphatic carbocycles. The van der Waals surface area contributed by atoms with Gasteiger partial charge in [-0.2, -0.15) is 0 Å². The second-order valence-electron chi connectivity index (χ2n) is 4.86. The Morgan fingerprint density at radius 3 is 2.60 bits per heavy atom. The fraction of sp³-hybridized carbons (Fsp3) is 0.176. The zero-order valence-corrected chi connectivity index (χ0v) is 11.6. The van der Waals surface area contributed by atoms with Gasteiger partial charge in [-0.25, -0.2) is 0 Å². The minimum atomic E-state index is 0.0526. The van der Waals surface area contributed by atoms with Crippen molar-refractivity contribution in [3.8, 4) is 11.1 Å². The minimum absolute atomic E-state index is 0.0526. The largest absolute Gasteiger partial charge is 0.308 e. The van der Waals surface area contributed by atoms with Crippen molar-refractivity contribution in [2.45, 2.75) is 20.4 Å². The molecule has 2 aromatic heterocycles. The molecule has 1 aromatic carbocycles. The predicted molar refractivity (Wildman–Crippen MR) is 81.9 cm³/mol. The molecule has 100 valence electrons. The number of fused-ring (bicyclic) bond motifs is 1. The molecule has 3 nitrogen and oxygen atoms in total. The first kappa shape index (κ1) is 12.6. The van der Waals surface area contributed by atoms with Gasteiger partial charge in [0.2, 0.25) is 0 Å². The highest BCUT2D eigenvalue weighted by Crippen LogP contribution is 2.20. The number of rotatable bonds is 2. The lowest BCUT2D eigenvalue weighted by Gasteiger charge is -2.11. The number of nitrogens with zero attached hydrogens (tertiary/aromatic N) is 2. The summed E-state index contributed by atoms with van der Waals surface area (Å²) in [6.45, 7) is 4.58. The van der Waals surface area contributed by atoms with E-state index >= 15 is 0 Å². The molecule has 0 saturated carbocycles. The van der Waals surface area contributed by atoms with Crippen molar-refractivity contribution in [1.82, 2.24) is 9.55 Å². The zero-order chi connectivity index (χ0) is 14.1. The van der Waals surface area contributed by atoms with Crippen LogP contribution >= 0.6 is 0 Å². The van der Waals surface area contributed by atoms with E-state index in [-0.39, 0.29) is 5.56 Å². The Hall–Kier alpha value is -2.42. The zero-order valence-electron chi connectivity index (χ0n) is 11.6. The van der Waals surface area contributed by atoms with Crippen LogP contribution in [0.3, 0.4) is 0 Å². The van der Waals surface area contributed by atoms with E-state index in [0.29, 0.717) is 6.54 Å². The van der Waals surface area contributed by atoms with Crippen LogP contribution in [0.1, 0.15) is 12.6 Å². The van der Waals surface area contributed by atoms with Gasteiger partial charge in [0.1, 0.15) is 0 Å². The van der Waals surface area contributed by atoms with E-state index in [1.54, 1.807) is 0 Å².